The van der Waals surface area contributed by atoms with Crippen LogP contribution in [0.25, 0.3) is 0 Å². The highest BCUT2D eigenvalue weighted by Gasteiger charge is 2.35. The van der Waals surface area contributed by atoms with Gasteiger partial charge >= 0.3 is 0 Å². The van der Waals surface area contributed by atoms with Crippen LogP contribution in [-0.4, -0.2) is 66.0 Å². The molecule has 2 saturated heterocycles. The zero-order valence-electron chi connectivity index (χ0n) is 11.1. The molecule has 102 valence electrons. The van der Waals surface area contributed by atoms with Crippen molar-refractivity contribution in [1.82, 2.24) is 14.8 Å². The molecule has 3 fully saturated rings. The Morgan fingerprint density at radius 3 is 2.39 bits per heavy atom. The molecule has 0 aromatic rings. The lowest BCUT2D eigenvalue weighted by Crippen LogP contribution is -2.57. The molecule has 2 N–H and O–H groups in total. The maximum Gasteiger partial charge on any atom is 0.228 e. The van der Waals surface area contributed by atoms with Crippen molar-refractivity contribution in [3.63, 3.8) is 0 Å². The van der Waals surface area contributed by atoms with E-state index in [0.717, 1.165) is 45.2 Å². The Labute approximate surface area is 109 Å². The number of hydrogen-bond donors (Lipinski definition) is 1. The van der Waals surface area contributed by atoms with E-state index in [1.165, 1.54) is 25.8 Å². The summed E-state index contributed by atoms with van der Waals surface area (Å²) in [7, 11) is 0. The lowest BCUT2D eigenvalue weighted by molar-refractivity contribution is -0.141. The van der Waals surface area contributed by atoms with Gasteiger partial charge in [0.1, 0.15) is 0 Å². The predicted molar refractivity (Wildman–Crippen MR) is 69.7 cm³/mol. The summed E-state index contributed by atoms with van der Waals surface area (Å²) in [6.45, 7) is 5.56. The largest absolute Gasteiger partial charge is 0.341 e. The van der Waals surface area contributed by atoms with Crippen LogP contribution >= 0.6 is 0 Å². The molecule has 0 radical (unpaired) electrons. The fourth-order valence-corrected chi connectivity index (χ4v) is 3.20. The van der Waals surface area contributed by atoms with Gasteiger partial charge in [-0.2, -0.15) is 0 Å². The van der Waals surface area contributed by atoms with Crippen LogP contribution in [-0.2, 0) is 4.79 Å². The fraction of sp³-hybridized carbons (Fsp3) is 0.923. The van der Waals surface area contributed by atoms with Crippen LogP contribution in [0.4, 0.5) is 0 Å². The SMILES string of the molecule is NN1CC(C(=O)N2CCCN(C3CCC3)CC2)C1. The number of hydrogen-bond acceptors (Lipinski definition) is 4. The van der Waals surface area contributed by atoms with Gasteiger partial charge in [-0.25, -0.2) is 5.01 Å². The van der Waals surface area contributed by atoms with Crippen LogP contribution in [0, 0.1) is 5.92 Å². The van der Waals surface area contributed by atoms with Crippen molar-refractivity contribution in [3.05, 3.63) is 0 Å². The Morgan fingerprint density at radius 1 is 1.00 bits per heavy atom. The van der Waals surface area contributed by atoms with Crippen LogP contribution in [0.15, 0.2) is 0 Å². The summed E-state index contributed by atoms with van der Waals surface area (Å²) in [4.78, 5) is 16.9. The Balaban J connectivity index is 1.50. The number of amides is 1. The van der Waals surface area contributed by atoms with Gasteiger partial charge in [0.2, 0.25) is 5.91 Å². The molecule has 3 rings (SSSR count). The minimum atomic E-state index is 0.158. The van der Waals surface area contributed by atoms with Crippen LogP contribution in [0.2, 0.25) is 0 Å². The van der Waals surface area contributed by atoms with Crippen LogP contribution in [0.1, 0.15) is 25.7 Å². The monoisotopic (exact) mass is 252 g/mol. The highest BCUT2D eigenvalue weighted by atomic mass is 16.2. The molecule has 1 saturated carbocycles. The minimum Gasteiger partial charge on any atom is -0.341 e. The van der Waals surface area contributed by atoms with Gasteiger partial charge in [-0.1, -0.05) is 6.42 Å². The summed E-state index contributed by atoms with van der Waals surface area (Å²) in [6.07, 6.45) is 5.23. The molecule has 2 heterocycles. The maximum atomic E-state index is 12.3. The summed E-state index contributed by atoms with van der Waals surface area (Å²) < 4.78 is 0. The van der Waals surface area contributed by atoms with Crippen molar-refractivity contribution >= 4 is 5.91 Å². The van der Waals surface area contributed by atoms with E-state index in [1.54, 1.807) is 5.01 Å². The third kappa shape index (κ3) is 2.39. The number of nitrogens with two attached hydrogens (primary N) is 1. The molecule has 1 aliphatic carbocycles. The molecule has 1 amide bonds. The Kier molecular flexibility index (Phi) is 3.54. The summed E-state index contributed by atoms with van der Waals surface area (Å²) in [5, 5.41) is 1.72. The van der Waals surface area contributed by atoms with E-state index in [-0.39, 0.29) is 5.92 Å². The zero-order valence-corrected chi connectivity index (χ0v) is 11.1. The topological polar surface area (TPSA) is 52.8 Å². The van der Waals surface area contributed by atoms with Crippen molar-refractivity contribution in [2.24, 2.45) is 11.8 Å². The normalized spacial score (nSPS) is 28.6. The van der Waals surface area contributed by atoms with Crippen molar-refractivity contribution in [1.29, 1.82) is 0 Å². The van der Waals surface area contributed by atoms with E-state index in [1.807, 2.05) is 0 Å². The van der Waals surface area contributed by atoms with Gasteiger partial charge in [0.25, 0.3) is 0 Å². The zero-order chi connectivity index (χ0) is 12.5. The van der Waals surface area contributed by atoms with Crippen LogP contribution in [0.3, 0.4) is 0 Å². The molecular weight excluding hydrogens is 228 g/mol. The summed E-state index contributed by atoms with van der Waals surface area (Å²) in [5.74, 6) is 6.09. The summed E-state index contributed by atoms with van der Waals surface area (Å²) in [6, 6.07) is 0.809. The maximum absolute atomic E-state index is 12.3. The van der Waals surface area contributed by atoms with Crippen LogP contribution in [0.5, 0.6) is 0 Å². The van der Waals surface area contributed by atoms with Gasteiger partial charge in [0, 0.05) is 45.3 Å². The fourth-order valence-electron chi connectivity index (χ4n) is 3.20. The van der Waals surface area contributed by atoms with Gasteiger partial charge in [-0.05, 0) is 19.3 Å². The van der Waals surface area contributed by atoms with E-state index in [9.17, 15) is 4.79 Å². The molecule has 5 nitrogen and oxygen atoms in total. The second-order valence-electron chi connectivity index (χ2n) is 5.95. The van der Waals surface area contributed by atoms with Gasteiger partial charge in [-0.15, -0.1) is 0 Å². The number of hydrazine groups is 1. The first-order valence-corrected chi connectivity index (χ1v) is 7.26. The lowest BCUT2D eigenvalue weighted by atomic mass is 9.91. The van der Waals surface area contributed by atoms with Crippen molar-refractivity contribution in [2.45, 2.75) is 31.7 Å². The quantitative estimate of drug-likeness (QED) is 0.696. The van der Waals surface area contributed by atoms with Crippen molar-refractivity contribution in [2.75, 3.05) is 39.3 Å². The van der Waals surface area contributed by atoms with Crippen LogP contribution < -0.4 is 5.84 Å². The molecular formula is C13H24N4O. The number of carbonyl (C=O) groups excluding carboxylic acids is 1. The van der Waals surface area contributed by atoms with Crippen molar-refractivity contribution < 1.29 is 4.79 Å². The Morgan fingerprint density at radius 2 is 1.78 bits per heavy atom. The lowest BCUT2D eigenvalue weighted by Gasteiger charge is -2.38. The first kappa shape index (κ1) is 12.4. The van der Waals surface area contributed by atoms with Gasteiger partial charge in [0.05, 0.1) is 5.92 Å². The molecule has 2 aliphatic heterocycles. The average molecular weight is 252 g/mol. The molecule has 0 bridgehead atoms. The average Bonchev–Trinajstić information content (AvgIpc) is 2.48. The van der Waals surface area contributed by atoms with E-state index in [4.69, 9.17) is 5.84 Å². The van der Waals surface area contributed by atoms with E-state index in [0.29, 0.717) is 5.91 Å². The summed E-state index contributed by atoms with van der Waals surface area (Å²) >= 11 is 0. The number of rotatable bonds is 2. The van der Waals surface area contributed by atoms with E-state index >= 15 is 0 Å². The van der Waals surface area contributed by atoms with Crippen molar-refractivity contribution in [3.8, 4) is 0 Å². The first-order valence-electron chi connectivity index (χ1n) is 7.26. The molecule has 5 heteroatoms. The second kappa shape index (κ2) is 5.15. The molecule has 0 unspecified atom stereocenters. The molecule has 18 heavy (non-hydrogen) atoms. The van der Waals surface area contributed by atoms with E-state index < -0.39 is 0 Å². The molecule has 0 spiro atoms. The van der Waals surface area contributed by atoms with E-state index in [2.05, 4.69) is 9.80 Å². The first-order chi connectivity index (χ1) is 8.74. The highest BCUT2D eigenvalue weighted by Crippen LogP contribution is 2.26. The Hall–Kier alpha value is -0.650. The molecule has 0 atom stereocenters. The van der Waals surface area contributed by atoms with Gasteiger partial charge < -0.3 is 4.90 Å². The third-order valence-electron chi connectivity index (χ3n) is 4.69. The standard InChI is InChI=1S/C13H24N4O/c14-17-9-11(10-17)13(18)16-6-2-5-15(7-8-16)12-3-1-4-12/h11-12H,1-10,14H2. The highest BCUT2D eigenvalue weighted by molar-refractivity contribution is 5.80. The Bertz CT molecular complexity index is 312. The summed E-state index contributed by atoms with van der Waals surface area (Å²) in [5.41, 5.74) is 0. The molecule has 0 aromatic carbocycles. The second-order valence-corrected chi connectivity index (χ2v) is 5.95. The number of nitrogens with zero attached hydrogens (tertiary/aromatic N) is 3. The molecule has 0 aromatic heterocycles. The predicted octanol–water partition coefficient (Wildman–Crippen LogP) is -0.121. The van der Waals surface area contributed by atoms with Gasteiger partial charge in [0.15, 0.2) is 0 Å². The third-order valence-corrected chi connectivity index (χ3v) is 4.69. The molecule has 3 aliphatic rings. The van der Waals surface area contributed by atoms with Gasteiger partial charge in [-0.3, -0.25) is 15.5 Å². The minimum absolute atomic E-state index is 0.158. The smallest absolute Gasteiger partial charge is 0.228 e. The number of carbonyl (C=O) groups is 1.